The Morgan fingerprint density at radius 2 is 2.06 bits per heavy atom. The van der Waals surface area contributed by atoms with Gasteiger partial charge in [-0.05, 0) is 50.3 Å². The second kappa shape index (κ2) is 4.71. The molecule has 1 fully saturated rings. The van der Waals surface area contributed by atoms with Crippen LogP contribution in [0.2, 0.25) is 0 Å². The standard InChI is InChI=1S/C12H16BrNO2S/c1-8-3-6-11(13)7-12(8)17(15,16)14-9(2)10-4-5-10/h3,6-7,9-10,14H,4-5H2,1-2H3. The van der Waals surface area contributed by atoms with Crippen LogP contribution in [0.3, 0.4) is 0 Å². The molecule has 3 nitrogen and oxygen atoms in total. The highest BCUT2D eigenvalue weighted by molar-refractivity contribution is 9.10. The summed E-state index contributed by atoms with van der Waals surface area (Å²) in [6, 6.07) is 5.33. The molecule has 2 rings (SSSR count). The Morgan fingerprint density at radius 3 is 2.65 bits per heavy atom. The molecule has 0 spiro atoms. The first-order chi connectivity index (χ1) is 7.90. The molecule has 1 aliphatic carbocycles. The van der Waals surface area contributed by atoms with Gasteiger partial charge in [0.25, 0.3) is 0 Å². The normalized spacial score (nSPS) is 18.1. The van der Waals surface area contributed by atoms with Gasteiger partial charge in [0.1, 0.15) is 0 Å². The summed E-state index contributed by atoms with van der Waals surface area (Å²) in [5, 5.41) is 0. The van der Waals surface area contributed by atoms with Crippen LogP contribution in [0.4, 0.5) is 0 Å². The monoisotopic (exact) mass is 317 g/mol. The summed E-state index contributed by atoms with van der Waals surface area (Å²) in [6.45, 7) is 3.74. The summed E-state index contributed by atoms with van der Waals surface area (Å²) >= 11 is 3.30. The van der Waals surface area contributed by atoms with Gasteiger partial charge in [0, 0.05) is 10.5 Å². The van der Waals surface area contributed by atoms with E-state index in [2.05, 4.69) is 20.7 Å². The van der Waals surface area contributed by atoms with Crippen molar-refractivity contribution in [1.82, 2.24) is 4.72 Å². The van der Waals surface area contributed by atoms with Gasteiger partial charge in [0.15, 0.2) is 0 Å². The number of nitrogens with one attached hydrogen (secondary N) is 1. The Kier molecular flexibility index (Phi) is 3.61. The molecule has 0 aliphatic heterocycles. The van der Waals surface area contributed by atoms with Crippen LogP contribution in [-0.2, 0) is 10.0 Å². The van der Waals surface area contributed by atoms with Gasteiger partial charge in [-0.25, -0.2) is 13.1 Å². The van der Waals surface area contributed by atoms with E-state index in [1.807, 2.05) is 19.9 Å². The van der Waals surface area contributed by atoms with E-state index in [0.717, 1.165) is 22.9 Å². The first kappa shape index (κ1) is 13.1. The van der Waals surface area contributed by atoms with Crippen LogP contribution in [0.5, 0.6) is 0 Å². The van der Waals surface area contributed by atoms with E-state index in [9.17, 15) is 8.42 Å². The molecular formula is C12H16BrNO2S. The Bertz CT molecular complexity index is 523. The molecule has 0 radical (unpaired) electrons. The summed E-state index contributed by atoms with van der Waals surface area (Å²) in [7, 11) is -3.40. The minimum absolute atomic E-state index is 0.0263. The largest absolute Gasteiger partial charge is 0.241 e. The van der Waals surface area contributed by atoms with E-state index < -0.39 is 10.0 Å². The maximum atomic E-state index is 12.2. The molecule has 5 heteroatoms. The SMILES string of the molecule is Cc1ccc(Br)cc1S(=O)(=O)NC(C)C1CC1. The Labute approximate surface area is 111 Å². The van der Waals surface area contributed by atoms with Gasteiger partial charge in [-0.1, -0.05) is 22.0 Å². The molecule has 94 valence electrons. The van der Waals surface area contributed by atoms with Gasteiger partial charge in [-0.2, -0.15) is 0 Å². The number of hydrogen-bond acceptors (Lipinski definition) is 2. The third-order valence-corrected chi connectivity index (χ3v) is 5.30. The molecule has 0 saturated heterocycles. The summed E-state index contributed by atoms with van der Waals surface area (Å²) in [6.07, 6.45) is 2.25. The second-order valence-electron chi connectivity index (χ2n) is 4.66. The average molecular weight is 318 g/mol. The molecule has 17 heavy (non-hydrogen) atoms. The maximum absolute atomic E-state index is 12.2. The van der Waals surface area contributed by atoms with Crippen molar-refractivity contribution in [3.05, 3.63) is 28.2 Å². The van der Waals surface area contributed by atoms with E-state index >= 15 is 0 Å². The third kappa shape index (κ3) is 3.09. The zero-order chi connectivity index (χ0) is 12.6. The van der Waals surface area contributed by atoms with Gasteiger partial charge in [-0.15, -0.1) is 0 Å². The first-order valence-corrected chi connectivity index (χ1v) is 7.96. The molecule has 1 unspecified atom stereocenters. The van der Waals surface area contributed by atoms with Crippen molar-refractivity contribution >= 4 is 26.0 Å². The molecule has 1 aromatic rings. The van der Waals surface area contributed by atoms with Gasteiger partial charge in [0.05, 0.1) is 4.90 Å². The van der Waals surface area contributed by atoms with Gasteiger partial charge in [-0.3, -0.25) is 0 Å². The molecule has 0 aromatic heterocycles. The van der Waals surface area contributed by atoms with E-state index in [1.54, 1.807) is 12.1 Å². The Hall–Kier alpha value is -0.390. The molecule has 1 N–H and O–H groups in total. The minimum atomic E-state index is -3.40. The highest BCUT2D eigenvalue weighted by Crippen LogP contribution is 2.33. The molecular weight excluding hydrogens is 302 g/mol. The van der Waals surface area contributed by atoms with Crippen molar-refractivity contribution in [2.75, 3.05) is 0 Å². The summed E-state index contributed by atoms with van der Waals surface area (Å²) in [5.41, 5.74) is 0.767. The maximum Gasteiger partial charge on any atom is 0.241 e. The lowest BCUT2D eigenvalue weighted by molar-refractivity contribution is 0.537. The van der Waals surface area contributed by atoms with Crippen LogP contribution >= 0.6 is 15.9 Å². The van der Waals surface area contributed by atoms with E-state index in [-0.39, 0.29) is 6.04 Å². The zero-order valence-corrected chi connectivity index (χ0v) is 12.3. The molecule has 1 aliphatic rings. The summed E-state index contributed by atoms with van der Waals surface area (Å²) in [5.74, 6) is 0.511. The molecule has 1 saturated carbocycles. The number of rotatable bonds is 4. The number of aryl methyl sites for hydroxylation is 1. The Morgan fingerprint density at radius 1 is 1.41 bits per heavy atom. The quantitative estimate of drug-likeness (QED) is 0.928. The van der Waals surface area contributed by atoms with E-state index in [4.69, 9.17) is 0 Å². The number of sulfonamides is 1. The van der Waals surface area contributed by atoms with Gasteiger partial charge >= 0.3 is 0 Å². The second-order valence-corrected chi connectivity index (χ2v) is 7.26. The number of hydrogen-bond donors (Lipinski definition) is 1. The predicted octanol–water partition coefficient (Wildman–Crippen LogP) is 2.83. The average Bonchev–Trinajstić information content (AvgIpc) is 3.04. The van der Waals surface area contributed by atoms with Gasteiger partial charge < -0.3 is 0 Å². The fourth-order valence-electron chi connectivity index (χ4n) is 1.86. The lowest BCUT2D eigenvalue weighted by Crippen LogP contribution is -2.34. The Balaban J connectivity index is 2.27. The molecule has 1 aromatic carbocycles. The van der Waals surface area contributed by atoms with Crippen molar-refractivity contribution in [3.63, 3.8) is 0 Å². The van der Waals surface area contributed by atoms with Crippen LogP contribution in [-0.4, -0.2) is 14.5 Å². The first-order valence-electron chi connectivity index (χ1n) is 5.68. The number of benzene rings is 1. The summed E-state index contributed by atoms with van der Waals surface area (Å²) < 4.78 is 28.0. The minimum Gasteiger partial charge on any atom is -0.208 e. The summed E-state index contributed by atoms with van der Waals surface area (Å²) in [4.78, 5) is 0.361. The van der Waals surface area contributed by atoms with Crippen molar-refractivity contribution in [3.8, 4) is 0 Å². The van der Waals surface area contributed by atoms with Crippen LogP contribution in [0, 0.1) is 12.8 Å². The highest BCUT2D eigenvalue weighted by Gasteiger charge is 2.31. The fraction of sp³-hybridized carbons (Fsp3) is 0.500. The van der Waals surface area contributed by atoms with Crippen LogP contribution < -0.4 is 4.72 Å². The van der Waals surface area contributed by atoms with Crippen LogP contribution in [0.25, 0.3) is 0 Å². The predicted molar refractivity (Wildman–Crippen MR) is 71.4 cm³/mol. The van der Waals surface area contributed by atoms with Crippen molar-refractivity contribution in [2.45, 2.75) is 37.6 Å². The van der Waals surface area contributed by atoms with Crippen molar-refractivity contribution < 1.29 is 8.42 Å². The fourth-order valence-corrected chi connectivity index (χ4v) is 3.96. The molecule has 0 heterocycles. The lowest BCUT2D eigenvalue weighted by Gasteiger charge is -2.14. The molecule has 0 amide bonds. The molecule has 0 bridgehead atoms. The zero-order valence-electron chi connectivity index (χ0n) is 9.90. The van der Waals surface area contributed by atoms with Crippen molar-refractivity contribution in [2.24, 2.45) is 5.92 Å². The highest BCUT2D eigenvalue weighted by atomic mass is 79.9. The third-order valence-electron chi connectivity index (χ3n) is 3.11. The topological polar surface area (TPSA) is 46.2 Å². The smallest absolute Gasteiger partial charge is 0.208 e. The lowest BCUT2D eigenvalue weighted by atomic mass is 10.2. The van der Waals surface area contributed by atoms with Crippen LogP contribution in [0.1, 0.15) is 25.3 Å². The molecule has 1 atom stereocenters. The van der Waals surface area contributed by atoms with Crippen LogP contribution in [0.15, 0.2) is 27.6 Å². The van der Waals surface area contributed by atoms with Crippen molar-refractivity contribution in [1.29, 1.82) is 0 Å². The van der Waals surface area contributed by atoms with Gasteiger partial charge in [0.2, 0.25) is 10.0 Å². The number of halogens is 1. The van der Waals surface area contributed by atoms with E-state index in [0.29, 0.717) is 10.8 Å². The van der Waals surface area contributed by atoms with E-state index in [1.165, 1.54) is 0 Å².